The molecule has 19 heavy (non-hydrogen) atoms. The second-order valence-corrected chi connectivity index (χ2v) is 5.57. The monoisotopic (exact) mass is 259 g/mol. The minimum absolute atomic E-state index is 0.771. The van der Waals surface area contributed by atoms with Crippen molar-refractivity contribution in [2.45, 2.75) is 72.1 Å². The molecule has 0 amide bonds. The van der Waals surface area contributed by atoms with Crippen LogP contribution in [0.5, 0.6) is 0 Å². The van der Waals surface area contributed by atoms with Crippen LogP contribution >= 0.6 is 0 Å². The number of allylic oxidation sites excluding steroid dienone is 2. The number of hydrogen-bond acceptors (Lipinski definition) is 0. The molecule has 1 aromatic carbocycles. The van der Waals surface area contributed by atoms with Crippen LogP contribution in [0.4, 0.5) is 0 Å². The van der Waals surface area contributed by atoms with E-state index in [9.17, 15) is 0 Å². The molecule has 106 valence electrons. The molecule has 0 spiro atoms. The third-order valence-electron chi connectivity index (χ3n) is 3.64. The second-order valence-electron chi connectivity index (χ2n) is 5.57. The molecule has 0 fully saturated rings. The Hall–Kier alpha value is -1.04. The highest BCUT2D eigenvalue weighted by molar-refractivity contribution is 5.31. The van der Waals surface area contributed by atoms with Gasteiger partial charge in [0, 0.05) is 0 Å². The molecular formula is C19H30. The predicted octanol–water partition coefficient (Wildman–Crippen LogP) is 6.15. The Morgan fingerprint density at radius 2 is 1.79 bits per heavy atom. The van der Waals surface area contributed by atoms with Gasteiger partial charge in [0.25, 0.3) is 0 Å². The number of aryl methyl sites for hydroxylation is 2. The Labute approximate surface area is 121 Å². The number of unbranched alkanes of at least 4 members (excludes halogenated alkanes) is 6. The summed E-state index contributed by atoms with van der Waals surface area (Å²) in [6.07, 6.45) is 11.9. The molecule has 1 rings (SSSR count). The molecule has 0 aliphatic heterocycles. The van der Waals surface area contributed by atoms with Crippen LogP contribution in [0, 0.1) is 13.8 Å². The molecule has 0 saturated carbocycles. The second kappa shape index (κ2) is 9.83. The van der Waals surface area contributed by atoms with E-state index in [1.807, 2.05) is 0 Å². The third kappa shape index (κ3) is 7.20. The molecule has 0 bridgehead atoms. The maximum Gasteiger partial charge on any atom is 0.0576 e. The molecule has 0 radical (unpaired) electrons. The first kappa shape index (κ1) is 14.4. The lowest BCUT2D eigenvalue weighted by Crippen LogP contribution is -1.88. The Kier molecular flexibility index (Phi) is 7.44. The fraction of sp³-hybridized carbons (Fsp3) is 0.579. The van der Waals surface area contributed by atoms with Crippen molar-refractivity contribution in [2.24, 2.45) is 0 Å². The van der Waals surface area contributed by atoms with Crippen LogP contribution in [0.3, 0.4) is 0 Å². The fourth-order valence-corrected chi connectivity index (χ4v) is 2.30. The third-order valence-corrected chi connectivity index (χ3v) is 3.64. The molecule has 0 aromatic heterocycles. The molecule has 0 unspecified atom stereocenters. The van der Waals surface area contributed by atoms with E-state index in [-0.39, 0.29) is 0 Å². The average Bonchev–Trinajstić information content (AvgIpc) is 2.42. The Morgan fingerprint density at radius 3 is 2.58 bits per heavy atom. The van der Waals surface area contributed by atoms with Crippen molar-refractivity contribution in [3.63, 3.8) is 0 Å². The number of benzene rings is 1. The molecule has 0 nitrogen and oxygen atoms in total. The van der Waals surface area contributed by atoms with Crippen molar-refractivity contribution in [3.05, 3.63) is 47.0 Å². The molecule has 0 N–H and O–H groups in total. The van der Waals surface area contributed by atoms with E-state index < -0.39 is 0 Å². The minimum Gasteiger partial charge on any atom is -0.0882 e. The van der Waals surface area contributed by atoms with Crippen LogP contribution in [0.25, 0.3) is 0 Å². The summed E-state index contributed by atoms with van der Waals surface area (Å²) >= 11 is 0. The number of hydrogen-bond donors (Lipinski definition) is 0. The van der Waals surface area contributed by atoms with Crippen molar-refractivity contribution < 1.29 is 1.37 Å². The highest BCUT2D eigenvalue weighted by atomic mass is 14.0. The van der Waals surface area contributed by atoms with Gasteiger partial charge in [0.1, 0.15) is 0 Å². The Morgan fingerprint density at radius 1 is 1.05 bits per heavy atom. The van der Waals surface area contributed by atoms with Crippen molar-refractivity contribution in [3.8, 4) is 0 Å². The van der Waals surface area contributed by atoms with Crippen LogP contribution in [-0.4, -0.2) is 0 Å². The zero-order valence-corrected chi connectivity index (χ0v) is 13.0. The highest BCUT2D eigenvalue weighted by Gasteiger charge is 1.95. The van der Waals surface area contributed by atoms with Gasteiger partial charge >= 0.3 is 0 Å². The van der Waals surface area contributed by atoms with E-state index in [1.54, 1.807) is 0 Å². The molecule has 0 saturated heterocycles. The van der Waals surface area contributed by atoms with Crippen molar-refractivity contribution in [1.82, 2.24) is 0 Å². The molecule has 0 atom stereocenters. The summed E-state index contributed by atoms with van der Waals surface area (Å²) in [6.45, 7) is 6.50. The van der Waals surface area contributed by atoms with Gasteiger partial charge in [0.15, 0.2) is 0 Å². The van der Waals surface area contributed by atoms with Gasteiger partial charge < -0.3 is 0 Å². The van der Waals surface area contributed by atoms with Crippen LogP contribution in [0.2, 0.25) is 0 Å². The molecular weight excluding hydrogens is 228 g/mol. The normalized spacial score (nSPS) is 12.6. The van der Waals surface area contributed by atoms with Crippen LogP contribution < -0.4 is 0 Å². The summed E-state index contributed by atoms with van der Waals surface area (Å²) < 4.78 is 8.08. The lowest BCUT2D eigenvalue weighted by atomic mass is 10.0. The quantitative estimate of drug-likeness (QED) is 0.368. The largest absolute Gasteiger partial charge is 0.0882 e. The summed E-state index contributed by atoms with van der Waals surface area (Å²) in [4.78, 5) is 0. The van der Waals surface area contributed by atoms with Crippen LogP contribution in [0.15, 0.2) is 30.3 Å². The van der Waals surface area contributed by atoms with Gasteiger partial charge in [-0.3, -0.25) is 0 Å². The Balaban J connectivity index is 2.29. The van der Waals surface area contributed by atoms with Gasteiger partial charge in [-0.25, -0.2) is 0 Å². The van der Waals surface area contributed by atoms with E-state index >= 15 is 0 Å². The van der Waals surface area contributed by atoms with Crippen molar-refractivity contribution in [2.75, 3.05) is 0 Å². The minimum atomic E-state index is 0.771. The van der Waals surface area contributed by atoms with Gasteiger partial charge in [0.05, 0.1) is 1.37 Å². The summed E-state index contributed by atoms with van der Waals surface area (Å²) in [6, 6.07) is 7.28. The summed E-state index contributed by atoms with van der Waals surface area (Å²) in [5.41, 5.74) is 3.89. The number of rotatable bonds is 9. The SMILES string of the molecule is [2H]/C(=C/CCCCCCCC)Cc1cc(C)ccc1C. The molecule has 0 aliphatic carbocycles. The van der Waals surface area contributed by atoms with E-state index in [1.165, 1.54) is 55.2 Å². The topological polar surface area (TPSA) is 0 Å². The summed E-state index contributed by atoms with van der Waals surface area (Å²) in [5, 5.41) is 0. The standard InChI is InChI=1S/C19H30/c1-4-5-6-7-8-9-10-11-12-13-19-16-17(2)14-15-18(19)3/h11-12,14-16H,4-10,13H2,1-3H3/b12-11-/i12D. The van der Waals surface area contributed by atoms with E-state index in [0.29, 0.717) is 0 Å². The van der Waals surface area contributed by atoms with Gasteiger partial charge in [-0.2, -0.15) is 0 Å². The summed E-state index contributed by atoms with van der Waals surface area (Å²) in [5.74, 6) is 0. The maximum absolute atomic E-state index is 8.08. The van der Waals surface area contributed by atoms with Gasteiger partial charge in [-0.1, -0.05) is 74.9 Å². The van der Waals surface area contributed by atoms with Crippen molar-refractivity contribution >= 4 is 0 Å². The highest BCUT2D eigenvalue weighted by Crippen LogP contribution is 2.12. The van der Waals surface area contributed by atoms with Crippen LogP contribution in [-0.2, 0) is 6.42 Å². The smallest absolute Gasteiger partial charge is 0.0576 e. The van der Waals surface area contributed by atoms with Crippen LogP contribution in [0.1, 0.15) is 69.9 Å². The maximum atomic E-state index is 8.08. The molecule has 0 aliphatic rings. The van der Waals surface area contributed by atoms with E-state index in [4.69, 9.17) is 1.37 Å². The van der Waals surface area contributed by atoms with Crippen molar-refractivity contribution in [1.29, 1.82) is 0 Å². The van der Waals surface area contributed by atoms with Gasteiger partial charge in [-0.05, 0) is 44.2 Å². The first-order valence-electron chi connectivity index (χ1n) is 8.35. The predicted molar refractivity (Wildman–Crippen MR) is 86.8 cm³/mol. The van der Waals surface area contributed by atoms with Gasteiger partial charge in [-0.15, -0.1) is 0 Å². The average molecular weight is 259 g/mol. The lowest BCUT2D eigenvalue weighted by molar-refractivity contribution is 0.611. The zero-order chi connectivity index (χ0) is 14.8. The zero-order valence-electron chi connectivity index (χ0n) is 14.0. The first-order valence-corrected chi connectivity index (χ1v) is 7.85. The fourth-order valence-electron chi connectivity index (χ4n) is 2.30. The Bertz CT molecular complexity index is 418. The first-order chi connectivity index (χ1) is 9.63. The molecule has 0 heteroatoms. The lowest BCUT2D eigenvalue weighted by Gasteiger charge is -2.04. The molecule has 1 aromatic rings. The van der Waals surface area contributed by atoms with E-state index in [0.717, 1.165) is 18.9 Å². The molecule has 0 heterocycles. The van der Waals surface area contributed by atoms with Gasteiger partial charge in [0.2, 0.25) is 0 Å². The van der Waals surface area contributed by atoms with E-state index in [2.05, 4.69) is 45.0 Å². The summed E-state index contributed by atoms with van der Waals surface area (Å²) in [7, 11) is 0.